The number of aromatic nitrogens is 3. The van der Waals surface area contributed by atoms with E-state index in [4.69, 9.17) is 21.1 Å². The van der Waals surface area contributed by atoms with Gasteiger partial charge in [-0.3, -0.25) is 14.6 Å². The molecule has 0 aromatic carbocycles. The molecule has 1 fully saturated rings. The van der Waals surface area contributed by atoms with Gasteiger partial charge in [-0.2, -0.15) is 0 Å². The van der Waals surface area contributed by atoms with Crippen molar-refractivity contribution < 1.29 is 19.1 Å². The van der Waals surface area contributed by atoms with Crippen LogP contribution in [0.1, 0.15) is 37.4 Å². The molecule has 0 unspecified atom stereocenters. The molecule has 2 aliphatic heterocycles. The number of nitrogens with zero attached hydrogens (tertiary/aromatic N) is 4. The molecule has 2 aliphatic rings. The van der Waals surface area contributed by atoms with E-state index in [1.165, 1.54) is 0 Å². The molecule has 5 rings (SSSR count). The minimum absolute atomic E-state index is 0.00466. The Bertz CT molecular complexity index is 1340. The summed E-state index contributed by atoms with van der Waals surface area (Å²) in [5, 5.41) is 6.82. The van der Waals surface area contributed by atoms with Gasteiger partial charge in [0.1, 0.15) is 0 Å². The number of piperidine rings is 1. The molecule has 11 heteroatoms. The van der Waals surface area contributed by atoms with Crippen LogP contribution in [0, 0.1) is 0 Å². The molecule has 0 radical (unpaired) electrons. The quantitative estimate of drug-likeness (QED) is 0.484. The second-order valence-corrected chi connectivity index (χ2v) is 9.72. The van der Waals surface area contributed by atoms with Crippen LogP contribution in [-0.2, 0) is 22.6 Å². The molecule has 2 amide bonds. The van der Waals surface area contributed by atoms with E-state index in [9.17, 15) is 9.59 Å². The standard InChI is InChI=1S/C26H29ClN6O4/c1-15(34)33-13-17(28-11-16-4-9-22-26(30-16)31-23(35)14-37-22)3-5-18(33)6-7-19-20(27)12-29-21-8-10-24(36-2)32-25(19)21/h4,8-10,12,17-18,28H,3,5-7,11,13-14H2,1-2H3,(H,30,31,35)/t17-,18-/m1/s1. The highest BCUT2D eigenvalue weighted by atomic mass is 35.5. The highest BCUT2D eigenvalue weighted by Crippen LogP contribution is 2.29. The molecule has 37 heavy (non-hydrogen) atoms. The van der Waals surface area contributed by atoms with E-state index in [0.717, 1.165) is 41.6 Å². The summed E-state index contributed by atoms with van der Waals surface area (Å²) in [7, 11) is 1.58. The zero-order valence-electron chi connectivity index (χ0n) is 20.8. The predicted molar refractivity (Wildman–Crippen MR) is 139 cm³/mol. The Morgan fingerprint density at radius 3 is 2.95 bits per heavy atom. The van der Waals surface area contributed by atoms with Crippen molar-refractivity contribution >= 4 is 40.3 Å². The third-order valence-electron chi connectivity index (χ3n) is 6.89. The number of methoxy groups -OCH3 is 1. The first-order valence-corrected chi connectivity index (χ1v) is 12.7. The molecule has 2 atom stereocenters. The van der Waals surface area contributed by atoms with E-state index in [0.29, 0.717) is 42.0 Å². The third kappa shape index (κ3) is 5.60. The Balaban J connectivity index is 1.22. The molecule has 0 bridgehead atoms. The Morgan fingerprint density at radius 2 is 2.14 bits per heavy atom. The smallest absolute Gasteiger partial charge is 0.263 e. The lowest BCUT2D eigenvalue weighted by molar-refractivity contribution is -0.133. The molecule has 1 saturated heterocycles. The number of amides is 2. The Labute approximate surface area is 219 Å². The van der Waals surface area contributed by atoms with E-state index in [-0.39, 0.29) is 30.5 Å². The van der Waals surface area contributed by atoms with E-state index in [1.54, 1.807) is 26.3 Å². The largest absolute Gasteiger partial charge is 0.481 e. The van der Waals surface area contributed by atoms with Crippen LogP contribution in [0.5, 0.6) is 11.6 Å². The molecule has 10 nitrogen and oxygen atoms in total. The molecular formula is C26H29ClN6O4. The van der Waals surface area contributed by atoms with Crippen molar-refractivity contribution in [3.05, 3.63) is 46.7 Å². The van der Waals surface area contributed by atoms with Crippen LogP contribution >= 0.6 is 11.6 Å². The van der Waals surface area contributed by atoms with Crippen molar-refractivity contribution in [1.82, 2.24) is 25.2 Å². The van der Waals surface area contributed by atoms with Gasteiger partial charge in [-0.15, -0.1) is 0 Å². The fourth-order valence-corrected chi connectivity index (χ4v) is 5.20. The number of rotatable bonds is 7. The van der Waals surface area contributed by atoms with Gasteiger partial charge in [0.05, 0.1) is 28.9 Å². The number of carbonyl (C=O) groups is 2. The predicted octanol–water partition coefficient (Wildman–Crippen LogP) is 3.12. The monoisotopic (exact) mass is 524 g/mol. The van der Waals surface area contributed by atoms with Crippen molar-refractivity contribution in [2.45, 2.75) is 51.2 Å². The fraction of sp³-hybridized carbons (Fsp3) is 0.423. The second kappa shape index (κ2) is 10.9. The summed E-state index contributed by atoms with van der Waals surface area (Å²) >= 11 is 6.52. The maximum absolute atomic E-state index is 12.6. The second-order valence-electron chi connectivity index (χ2n) is 9.31. The lowest BCUT2D eigenvalue weighted by Gasteiger charge is -2.40. The summed E-state index contributed by atoms with van der Waals surface area (Å²) in [5.74, 6) is 1.37. The fourth-order valence-electron chi connectivity index (χ4n) is 4.97. The van der Waals surface area contributed by atoms with E-state index in [1.807, 2.05) is 23.1 Å². The van der Waals surface area contributed by atoms with Gasteiger partial charge in [-0.25, -0.2) is 9.97 Å². The van der Waals surface area contributed by atoms with Crippen molar-refractivity contribution in [3.63, 3.8) is 0 Å². The van der Waals surface area contributed by atoms with E-state index < -0.39 is 0 Å². The topological polar surface area (TPSA) is 119 Å². The van der Waals surface area contributed by atoms with Crippen molar-refractivity contribution in [2.24, 2.45) is 0 Å². The molecule has 2 N–H and O–H groups in total. The summed E-state index contributed by atoms with van der Waals surface area (Å²) in [6.45, 7) is 2.76. The van der Waals surface area contributed by atoms with Gasteiger partial charge in [-0.1, -0.05) is 11.6 Å². The number of hydrogen-bond donors (Lipinski definition) is 2. The number of carbonyl (C=O) groups excluding carboxylic acids is 2. The van der Waals surface area contributed by atoms with Crippen LogP contribution in [0.15, 0.2) is 30.5 Å². The zero-order chi connectivity index (χ0) is 25.9. The summed E-state index contributed by atoms with van der Waals surface area (Å²) < 4.78 is 10.7. The Kier molecular flexibility index (Phi) is 7.38. The van der Waals surface area contributed by atoms with Gasteiger partial charge < -0.3 is 25.0 Å². The Morgan fingerprint density at radius 1 is 1.27 bits per heavy atom. The van der Waals surface area contributed by atoms with E-state index >= 15 is 0 Å². The van der Waals surface area contributed by atoms with Gasteiger partial charge in [0, 0.05) is 49.9 Å². The van der Waals surface area contributed by atoms with Gasteiger partial charge in [0.2, 0.25) is 11.8 Å². The van der Waals surface area contributed by atoms with Gasteiger partial charge >= 0.3 is 0 Å². The number of hydrogen-bond acceptors (Lipinski definition) is 8. The number of fused-ring (bicyclic) bond motifs is 2. The first kappa shape index (κ1) is 25.2. The lowest BCUT2D eigenvalue weighted by Crippen LogP contribution is -2.52. The average Bonchev–Trinajstić information content (AvgIpc) is 2.91. The first-order chi connectivity index (χ1) is 17.9. The summed E-state index contributed by atoms with van der Waals surface area (Å²) in [4.78, 5) is 39.5. The summed E-state index contributed by atoms with van der Waals surface area (Å²) in [5.41, 5.74) is 3.21. The average molecular weight is 525 g/mol. The summed E-state index contributed by atoms with van der Waals surface area (Å²) in [6, 6.07) is 7.59. The zero-order valence-corrected chi connectivity index (χ0v) is 21.5. The molecule has 194 valence electrons. The highest BCUT2D eigenvalue weighted by Gasteiger charge is 2.30. The van der Waals surface area contributed by atoms with Crippen molar-refractivity contribution in [1.29, 1.82) is 0 Å². The van der Waals surface area contributed by atoms with Crippen LogP contribution in [0.3, 0.4) is 0 Å². The van der Waals surface area contributed by atoms with Crippen LogP contribution in [0.4, 0.5) is 5.82 Å². The number of aryl methyl sites for hydroxylation is 1. The number of likely N-dealkylation sites (tertiary alicyclic amines) is 1. The van der Waals surface area contributed by atoms with E-state index in [2.05, 4.69) is 25.6 Å². The molecule has 0 saturated carbocycles. The number of nitrogens with one attached hydrogen (secondary N) is 2. The van der Waals surface area contributed by atoms with Gasteiger partial charge in [0.15, 0.2) is 18.2 Å². The SMILES string of the molecule is COc1ccc2ncc(Cl)c(CC[C@H]3CC[C@@H](NCc4ccc5c(n4)NC(=O)CO5)CN3C(C)=O)c2n1. The molecule has 3 aromatic rings. The summed E-state index contributed by atoms with van der Waals surface area (Å²) in [6.07, 6.45) is 4.91. The molecule has 3 aromatic heterocycles. The van der Waals surface area contributed by atoms with Gasteiger partial charge in [0.25, 0.3) is 5.91 Å². The lowest BCUT2D eigenvalue weighted by atomic mass is 9.93. The minimum Gasteiger partial charge on any atom is -0.481 e. The first-order valence-electron chi connectivity index (χ1n) is 12.3. The molecular weight excluding hydrogens is 496 g/mol. The van der Waals surface area contributed by atoms with Crippen molar-refractivity contribution in [2.75, 3.05) is 25.6 Å². The number of ether oxygens (including phenoxy) is 2. The number of anilines is 1. The number of halogens is 1. The number of pyridine rings is 3. The molecule has 0 spiro atoms. The maximum Gasteiger partial charge on any atom is 0.263 e. The van der Waals surface area contributed by atoms with Crippen LogP contribution in [0.2, 0.25) is 5.02 Å². The van der Waals surface area contributed by atoms with Gasteiger partial charge in [-0.05, 0) is 43.9 Å². The van der Waals surface area contributed by atoms with Crippen LogP contribution in [-0.4, -0.2) is 64.0 Å². The van der Waals surface area contributed by atoms with Crippen molar-refractivity contribution in [3.8, 4) is 11.6 Å². The molecule has 0 aliphatic carbocycles. The third-order valence-corrected chi connectivity index (χ3v) is 7.22. The molecule has 5 heterocycles. The van der Waals surface area contributed by atoms with Crippen LogP contribution < -0.4 is 20.1 Å². The normalized spacial score (nSPS) is 19.2. The Hall–Kier alpha value is -3.50. The van der Waals surface area contributed by atoms with Crippen LogP contribution in [0.25, 0.3) is 11.0 Å². The highest BCUT2D eigenvalue weighted by molar-refractivity contribution is 6.32. The maximum atomic E-state index is 12.6. The minimum atomic E-state index is -0.212.